The average Bonchev–Trinajstić information content (AvgIpc) is 2.70. The molecule has 2 fully saturated rings. The highest BCUT2D eigenvalue weighted by molar-refractivity contribution is 6.07. The van der Waals surface area contributed by atoms with E-state index in [4.69, 9.17) is 0 Å². The van der Waals surface area contributed by atoms with Gasteiger partial charge in [-0.1, -0.05) is 49.6 Å². The second-order valence-electron chi connectivity index (χ2n) is 7.99. The number of urea groups is 1. The van der Waals surface area contributed by atoms with E-state index in [0.29, 0.717) is 37.0 Å². The molecule has 1 aromatic rings. The molecular weight excluding hydrogens is 401 g/mol. The van der Waals surface area contributed by atoms with Crippen LogP contribution in [0.3, 0.4) is 0 Å². The SMILES string of the molecule is O=C(O)C1C(CCc2ccccc2)C(=O)N1C(=O)NC(C1CCCCC1)C(F)(F)F. The van der Waals surface area contributed by atoms with Gasteiger partial charge in [0.1, 0.15) is 6.04 Å². The lowest BCUT2D eigenvalue weighted by atomic mass is 9.82. The summed E-state index contributed by atoms with van der Waals surface area (Å²) in [5.41, 5.74) is 0.909. The maximum absolute atomic E-state index is 13.6. The van der Waals surface area contributed by atoms with E-state index >= 15 is 0 Å². The van der Waals surface area contributed by atoms with Crippen molar-refractivity contribution < 1.29 is 32.7 Å². The Balaban J connectivity index is 1.68. The number of hydrogen-bond donors (Lipinski definition) is 2. The number of carboxylic acids is 1. The van der Waals surface area contributed by atoms with Crippen molar-refractivity contribution in [2.24, 2.45) is 11.8 Å². The molecule has 6 nitrogen and oxygen atoms in total. The number of imide groups is 1. The second-order valence-corrected chi connectivity index (χ2v) is 7.99. The predicted molar refractivity (Wildman–Crippen MR) is 101 cm³/mol. The first kappa shape index (κ1) is 22.1. The zero-order chi connectivity index (χ0) is 21.9. The van der Waals surface area contributed by atoms with E-state index in [1.165, 1.54) is 0 Å². The molecule has 0 radical (unpaired) electrons. The molecule has 0 bridgehead atoms. The van der Waals surface area contributed by atoms with Crippen LogP contribution in [0.25, 0.3) is 0 Å². The van der Waals surface area contributed by atoms with Gasteiger partial charge in [0.05, 0.1) is 5.92 Å². The van der Waals surface area contributed by atoms with Crippen LogP contribution in [-0.2, 0) is 16.0 Å². The third-order valence-electron chi connectivity index (χ3n) is 6.03. The van der Waals surface area contributed by atoms with Crippen molar-refractivity contribution in [1.29, 1.82) is 0 Å². The first-order valence-corrected chi connectivity index (χ1v) is 10.2. The molecule has 0 spiro atoms. The van der Waals surface area contributed by atoms with Crippen LogP contribution in [0.1, 0.15) is 44.1 Å². The normalized spacial score (nSPS) is 23.6. The van der Waals surface area contributed by atoms with E-state index in [9.17, 15) is 32.7 Å². The van der Waals surface area contributed by atoms with Crippen molar-refractivity contribution in [3.63, 3.8) is 0 Å². The summed E-state index contributed by atoms with van der Waals surface area (Å²) in [5.74, 6) is -3.85. The molecule has 0 aromatic heterocycles. The summed E-state index contributed by atoms with van der Waals surface area (Å²) in [6.07, 6.45) is -1.22. The maximum atomic E-state index is 13.6. The van der Waals surface area contributed by atoms with Crippen LogP contribution in [-0.4, -0.2) is 46.2 Å². The lowest BCUT2D eigenvalue weighted by molar-refractivity contribution is -0.173. The zero-order valence-electron chi connectivity index (χ0n) is 16.4. The Hall–Kier alpha value is -2.58. The summed E-state index contributed by atoms with van der Waals surface area (Å²) in [6, 6.07) is 4.30. The van der Waals surface area contributed by atoms with Gasteiger partial charge in [0.2, 0.25) is 5.91 Å². The molecule has 1 saturated heterocycles. The minimum Gasteiger partial charge on any atom is -0.480 e. The van der Waals surface area contributed by atoms with Crippen LogP contribution in [0.15, 0.2) is 30.3 Å². The fourth-order valence-electron chi connectivity index (χ4n) is 4.44. The van der Waals surface area contributed by atoms with Crippen LogP contribution >= 0.6 is 0 Å². The number of hydrogen-bond acceptors (Lipinski definition) is 3. The molecular formula is C21H25F3N2O4. The molecule has 3 atom stereocenters. The van der Waals surface area contributed by atoms with Gasteiger partial charge in [0, 0.05) is 0 Å². The maximum Gasteiger partial charge on any atom is 0.408 e. The van der Waals surface area contributed by atoms with Gasteiger partial charge in [-0.15, -0.1) is 0 Å². The molecule has 3 amide bonds. The van der Waals surface area contributed by atoms with E-state index in [0.717, 1.165) is 12.0 Å². The number of carbonyl (C=O) groups is 3. The number of nitrogens with one attached hydrogen (secondary N) is 1. The van der Waals surface area contributed by atoms with Crippen molar-refractivity contribution in [1.82, 2.24) is 10.2 Å². The Bertz CT molecular complexity index is 778. The molecule has 164 valence electrons. The largest absolute Gasteiger partial charge is 0.480 e. The van der Waals surface area contributed by atoms with Crippen molar-refractivity contribution in [3.05, 3.63) is 35.9 Å². The molecule has 1 saturated carbocycles. The molecule has 1 aromatic carbocycles. The first-order valence-electron chi connectivity index (χ1n) is 10.2. The molecule has 1 heterocycles. The van der Waals surface area contributed by atoms with Gasteiger partial charge in [0.15, 0.2) is 6.04 Å². The minimum atomic E-state index is -4.67. The van der Waals surface area contributed by atoms with Gasteiger partial charge in [-0.3, -0.25) is 4.79 Å². The Labute approximate surface area is 172 Å². The van der Waals surface area contributed by atoms with E-state index < -0.39 is 48.0 Å². The first-order chi connectivity index (χ1) is 14.2. The summed E-state index contributed by atoms with van der Waals surface area (Å²) in [4.78, 5) is 37.1. The third-order valence-corrected chi connectivity index (χ3v) is 6.03. The lowest BCUT2D eigenvalue weighted by Gasteiger charge is -2.44. The molecule has 3 rings (SSSR count). The topological polar surface area (TPSA) is 86.7 Å². The number of benzene rings is 1. The highest BCUT2D eigenvalue weighted by Crippen LogP contribution is 2.36. The van der Waals surface area contributed by atoms with Gasteiger partial charge in [-0.2, -0.15) is 13.2 Å². The molecule has 9 heteroatoms. The summed E-state index contributed by atoms with van der Waals surface area (Å²) in [6.45, 7) is 0. The van der Waals surface area contributed by atoms with E-state index in [-0.39, 0.29) is 6.42 Å². The number of carbonyl (C=O) groups excluding carboxylic acids is 2. The molecule has 1 aliphatic heterocycles. The van der Waals surface area contributed by atoms with Crippen LogP contribution < -0.4 is 5.32 Å². The Morgan fingerprint density at radius 2 is 1.77 bits per heavy atom. The summed E-state index contributed by atoms with van der Waals surface area (Å²) in [5, 5.41) is 11.4. The second kappa shape index (κ2) is 9.06. The number of rotatable bonds is 6. The van der Waals surface area contributed by atoms with Crippen LogP contribution in [0.4, 0.5) is 18.0 Å². The highest BCUT2D eigenvalue weighted by atomic mass is 19.4. The number of nitrogens with zero attached hydrogens (tertiary/aromatic N) is 1. The van der Waals surface area contributed by atoms with Crippen molar-refractivity contribution >= 4 is 17.9 Å². The van der Waals surface area contributed by atoms with Gasteiger partial charge >= 0.3 is 18.2 Å². The third kappa shape index (κ3) is 4.76. The number of aliphatic carboxylic acids is 1. The monoisotopic (exact) mass is 426 g/mol. The standard InChI is InChI=1S/C21H25F3N2O4/c22-21(23,24)17(14-9-5-2-6-10-14)25-20(30)26-16(19(28)29)15(18(26)27)12-11-13-7-3-1-4-8-13/h1,3-4,7-8,14-17H,2,5-6,9-12H2,(H,25,30)(H,28,29). The van der Waals surface area contributed by atoms with Gasteiger partial charge in [-0.05, 0) is 37.2 Å². The number of β-lactam (4-membered cyclic amide) rings is 1. The number of amides is 3. The Kier molecular flexibility index (Phi) is 6.67. The molecule has 2 N–H and O–H groups in total. The van der Waals surface area contributed by atoms with Crippen molar-refractivity contribution in [3.8, 4) is 0 Å². The summed E-state index contributed by atoms with van der Waals surface area (Å²) < 4.78 is 40.7. The van der Waals surface area contributed by atoms with Crippen LogP contribution in [0, 0.1) is 11.8 Å². The molecule has 30 heavy (non-hydrogen) atoms. The molecule has 2 aliphatic rings. The smallest absolute Gasteiger partial charge is 0.408 e. The van der Waals surface area contributed by atoms with Crippen LogP contribution in [0.2, 0.25) is 0 Å². The van der Waals surface area contributed by atoms with Gasteiger partial charge < -0.3 is 10.4 Å². The number of likely N-dealkylation sites (tertiary alicyclic amines) is 1. The van der Waals surface area contributed by atoms with Gasteiger partial charge in [-0.25, -0.2) is 14.5 Å². The number of halogens is 3. The zero-order valence-corrected chi connectivity index (χ0v) is 16.4. The average molecular weight is 426 g/mol. The van der Waals surface area contributed by atoms with E-state index in [2.05, 4.69) is 0 Å². The predicted octanol–water partition coefficient (Wildman–Crippen LogP) is 3.75. The van der Waals surface area contributed by atoms with Crippen molar-refractivity contribution in [2.45, 2.75) is 63.2 Å². The minimum absolute atomic E-state index is 0.203. The lowest BCUT2D eigenvalue weighted by Crippen LogP contribution is -2.69. The fraction of sp³-hybridized carbons (Fsp3) is 0.571. The van der Waals surface area contributed by atoms with Crippen LogP contribution in [0.5, 0.6) is 0 Å². The van der Waals surface area contributed by atoms with E-state index in [1.807, 2.05) is 35.6 Å². The number of aryl methyl sites for hydroxylation is 1. The highest BCUT2D eigenvalue weighted by Gasteiger charge is 2.56. The number of alkyl halides is 3. The number of carboxylic acid groups (broad SMARTS) is 1. The summed E-state index contributed by atoms with van der Waals surface area (Å²) >= 11 is 0. The van der Waals surface area contributed by atoms with Gasteiger partial charge in [0.25, 0.3) is 0 Å². The molecule has 1 aliphatic carbocycles. The summed E-state index contributed by atoms with van der Waals surface area (Å²) in [7, 11) is 0. The van der Waals surface area contributed by atoms with Crippen molar-refractivity contribution in [2.75, 3.05) is 0 Å². The quantitative estimate of drug-likeness (QED) is 0.679. The molecule has 3 unspecified atom stereocenters. The Morgan fingerprint density at radius 1 is 1.13 bits per heavy atom. The van der Waals surface area contributed by atoms with E-state index in [1.54, 1.807) is 0 Å². The fourth-order valence-corrected chi connectivity index (χ4v) is 4.44. The Morgan fingerprint density at radius 3 is 2.33 bits per heavy atom.